The van der Waals surface area contributed by atoms with E-state index in [9.17, 15) is 15.0 Å². The van der Waals surface area contributed by atoms with Gasteiger partial charge in [-0.1, -0.05) is 54.6 Å². The van der Waals surface area contributed by atoms with Crippen molar-refractivity contribution in [2.24, 2.45) is 0 Å². The van der Waals surface area contributed by atoms with E-state index < -0.39 is 17.5 Å². The highest BCUT2D eigenvalue weighted by Crippen LogP contribution is 2.36. The van der Waals surface area contributed by atoms with E-state index in [2.05, 4.69) is 0 Å². The highest BCUT2D eigenvalue weighted by molar-refractivity contribution is 5.79. The second kappa shape index (κ2) is 5.47. The Morgan fingerprint density at radius 2 is 1.60 bits per heavy atom. The van der Waals surface area contributed by atoms with Gasteiger partial charge >= 0.3 is 5.97 Å². The Morgan fingerprint density at radius 1 is 1.05 bits per heavy atom. The van der Waals surface area contributed by atoms with Crippen LogP contribution in [0.15, 0.2) is 54.6 Å². The normalized spacial score (nSPS) is 15.3. The quantitative estimate of drug-likeness (QED) is 0.898. The summed E-state index contributed by atoms with van der Waals surface area (Å²) in [6.45, 7) is 3.27. The van der Waals surface area contributed by atoms with Crippen LogP contribution in [-0.4, -0.2) is 21.8 Å². The van der Waals surface area contributed by atoms with Crippen molar-refractivity contribution in [3.05, 3.63) is 71.3 Å². The summed E-state index contributed by atoms with van der Waals surface area (Å²) in [6, 6.07) is 16.8. The van der Waals surface area contributed by atoms with Crippen LogP contribution in [0.4, 0.5) is 0 Å². The van der Waals surface area contributed by atoms with Crippen LogP contribution in [0.1, 0.15) is 29.5 Å². The topological polar surface area (TPSA) is 57.5 Å². The summed E-state index contributed by atoms with van der Waals surface area (Å²) in [6.07, 6.45) is 0. The van der Waals surface area contributed by atoms with Gasteiger partial charge in [-0.25, -0.2) is 4.79 Å². The molecule has 2 aromatic carbocycles. The fraction of sp³-hybridized carbons (Fsp3) is 0.235. The maximum Gasteiger partial charge on any atom is 0.336 e. The summed E-state index contributed by atoms with van der Waals surface area (Å²) in [5, 5.41) is 19.9. The van der Waals surface area contributed by atoms with Crippen LogP contribution in [0.2, 0.25) is 0 Å². The van der Waals surface area contributed by atoms with E-state index in [-0.39, 0.29) is 0 Å². The molecule has 2 unspecified atom stereocenters. The minimum Gasteiger partial charge on any atom is -0.479 e. The Morgan fingerprint density at radius 3 is 2.15 bits per heavy atom. The third-order valence-electron chi connectivity index (χ3n) is 3.63. The summed E-state index contributed by atoms with van der Waals surface area (Å²) in [4.78, 5) is 11.5. The molecule has 0 bridgehead atoms. The van der Waals surface area contributed by atoms with Gasteiger partial charge in [-0.3, -0.25) is 0 Å². The lowest BCUT2D eigenvalue weighted by atomic mass is 9.77. The number of aryl methyl sites for hydroxylation is 1. The predicted molar refractivity (Wildman–Crippen MR) is 77.7 cm³/mol. The van der Waals surface area contributed by atoms with Gasteiger partial charge in [-0.05, 0) is 30.5 Å². The van der Waals surface area contributed by atoms with Crippen molar-refractivity contribution in [1.82, 2.24) is 0 Å². The first-order valence-electron chi connectivity index (χ1n) is 6.51. The third-order valence-corrected chi connectivity index (χ3v) is 3.63. The molecule has 0 aliphatic heterocycles. The zero-order valence-electron chi connectivity index (χ0n) is 11.6. The van der Waals surface area contributed by atoms with Crippen LogP contribution in [0.5, 0.6) is 0 Å². The fourth-order valence-electron chi connectivity index (χ4n) is 2.49. The van der Waals surface area contributed by atoms with Crippen LogP contribution >= 0.6 is 0 Å². The first kappa shape index (κ1) is 14.3. The van der Waals surface area contributed by atoms with Crippen molar-refractivity contribution < 1.29 is 15.0 Å². The van der Waals surface area contributed by atoms with Crippen LogP contribution in [0, 0.1) is 6.92 Å². The van der Waals surface area contributed by atoms with Crippen LogP contribution in [0.25, 0.3) is 0 Å². The van der Waals surface area contributed by atoms with Gasteiger partial charge in [0.2, 0.25) is 0 Å². The largest absolute Gasteiger partial charge is 0.479 e. The molecular formula is C17H18O3. The molecule has 20 heavy (non-hydrogen) atoms. The van der Waals surface area contributed by atoms with Gasteiger partial charge in [0, 0.05) is 5.92 Å². The third kappa shape index (κ3) is 2.58. The first-order valence-corrected chi connectivity index (χ1v) is 6.51. The number of benzene rings is 2. The van der Waals surface area contributed by atoms with Crippen LogP contribution in [-0.2, 0) is 4.79 Å². The number of aliphatic carboxylic acids is 1. The fourth-order valence-corrected chi connectivity index (χ4v) is 2.49. The Bertz CT molecular complexity index is 603. The van der Waals surface area contributed by atoms with Crippen LogP contribution < -0.4 is 0 Å². The second-order valence-corrected chi connectivity index (χ2v) is 5.15. The molecule has 3 nitrogen and oxygen atoms in total. The molecule has 0 heterocycles. The number of hydrogen-bond acceptors (Lipinski definition) is 2. The van der Waals surface area contributed by atoms with Gasteiger partial charge in [0.05, 0.1) is 0 Å². The molecule has 2 aromatic rings. The number of aliphatic hydroxyl groups is 1. The molecule has 2 rings (SSSR count). The average molecular weight is 270 g/mol. The smallest absolute Gasteiger partial charge is 0.336 e. The summed E-state index contributed by atoms with van der Waals surface area (Å²) >= 11 is 0. The second-order valence-electron chi connectivity index (χ2n) is 5.15. The van der Waals surface area contributed by atoms with Gasteiger partial charge in [-0.2, -0.15) is 0 Å². The lowest BCUT2D eigenvalue weighted by molar-refractivity contribution is -0.157. The highest BCUT2D eigenvalue weighted by atomic mass is 16.4. The molecule has 0 saturated heterocycles. The summed E-state index contributed by atoms with van der Waals surface area (Å²) in [7, 11) is 0. The minimum absolute atomic E-state index is 0.609. The molecule has 0 aromatic heterocycles. The Balaban J connectivity index is 2.63. The summed E-state index contributed by atoms with van der Waals surface area (Å²) in [5.41, 5.74) is 0.705. The van der Waals surface area contributed by atoms with Gasteiger partial charge in [0.15, 0.2) is 5.60 Å². The Kier molecular flexibility index (Phi) is 3.91. The number of carboxylic acids is 1. The lowest BCUT2D eigenvalue weighted by Gasteiger charge is -2.31. The molecule has 104 valence electrons. The van der Waals surface area contributed by atoms with Crippen molar-refractivity contribution in [1.29, 1.82) is 0 Å². The van der Waals surface area contributed by atoms with E-state index in [1.54, 1.807) is 0 Å². The molecule has 2 atom stereocenters. The molecule has 0 aliphatic carbocycles. The minimum atomic E-state index is -1.87. The number of carbonyl (C=O) groups is 1. The number of rotatable bonds is 4. The standard InChI is InChI=1S/C17H18O3/c1-12-8-6-7-11-14(12)15(17(2,20)16(18)19)13-9-4-3-5-10-13/h3-11,15,20H,1-2H3,(H,18,19). The zero-order valence-corrected chi connectivity index (χ0v) is 11.6. The van der Waals surface area contributed by atoms with Crippen LogP contribution in [0.3, 0.4) is 0 Å². The molecule has 0 amide bonds. The van der Waals surface area contributed by atoms with Crippen molar-refractivity contribution >= 4 is 5.97 Å². The Hall–Kier alpha value is -2.13. The Labute approximate surface area is 118 Å². The van der Waals surface area contributed by atoms with Crippen molar-refractivity contribution in [3.8, 4) is 0 Å². The van der Waals surface area contributed by atoms with E-state index in [0.29, 0.717) is 0 Å². The lowest BCUT2D eigenvalue weighted by Crippen LogP contribution is -2.42. The van der Waals surface area contributed by atoms with Gasteiger partial charge in [0.1, 0.15) is 0 Å². The van der Waals surface area contributed by atoms with E-state index in [4.69, 9.17) is 0 Å². The maximum absolute atomic E-state index is 11.5. The van der Waals surface area contributed by atoms with Crippen molar-refractivity contribution in [2.75, 3.05) is 0 Å². The summed E-state index contributed by atoms with van der Waals surface area (Å²) < 4.78 is 0. The van der Waals surface area contributed by atoms with E-state index in [1.807, 2.05) is 61.5 Å². The molecule has 3 heteroatoms. The SMILES string of the molecule is Cc1ccccc1C(c1ccccc1)C(C)(O)C(=O)O. The summed E-state index contributed by atoms with van der Waals surface area (Å²) in [5.74, 6) is -1.84. The van der Waals surface area contributed by atoms with Crippen molar-refractivity contribution in [3.63, 3.8) is 0 Å². The van der Waals surface area contributed by atoms with E-state index in [1.165, 1.54) is 6.92 Å². The molecule has 0 fully saturated rings. The van der Waals surface area contributed by atoms with Gasteiger partial charge in [-0.15, -0.1) is 0 Å². The first-order chi connectivity index (χ1) is 9.44. The molecule has 0 saturated carbocycles. The molecule has 2 N–H and O–H groups in total. The maximum atomic E-state index is 11.5. The molecule has 0 aliphatic rings. The average Bonchev–Trinajstić information content (AvgIpc) is 2.42. The van der Waals surface area contributed by atoms with Gasteiger partial charge in [0.25, 0.3) is 0 Å². The number of carboxylic acid groups (broad SMARTS) is 1. The zero-order chi connectivity index (χ0) is 14.8. The predicted octanol–water partition coefficient (Wildman–Crippen LogP) is 2.96. The van der Waals surface area contributed by atoms with Gasteiger partial charge < -0.3 is 10.2 Å². The monoisotopic (exact) mass is 270 g/mol. The molecule has 0 spiro atoms. The highest BCUT2D eigenvalue weighted by Gasteiger charge is 2.41. The van der Waals surface area contributed by atoms with E-state index >= 15 is 0 Å². The number of hydrogen-bond donors (Lipinski definition) is 2. The molecule has 0 radical (unpaired) electrons. The van der Waals surface area contributed by atoms with E-state index in [0.717, 1.165) is 16.7 Å². The van der Waals surface area contributed by atoms with Crippen molar-refractivity contribution in [2.45, 2.75) is 25.4 Å². The molecular weight excluding hydrogens is 252 g/mol.